The lowest BCUT2D eigenvalue weighted by molar-refractivity contribution is -0.115. The highest BCUT2D eigenvalue weighted by Gasteiger charge is 2.10. The SMILES string of the molecule is CC(C)c1ccc(-n2cnnc2SCC(=O)N=c2sccn2C)cc1. The number of rotatable bonds is 5. The normalized spacial score (nSPS) is 12.1. The number of carbonyl (C=O) groups excluding carboxylic acids is 1. The summed E-state index contributed by atoms with van der Waals surface area (Å²) in [4.78, 5) is 16.9. The zero-order valence-electron chi connectivity index (χ0n) is 14.3. The Bertz CT molecular complexity index is 921. The number of carbonyl (C=O) groups is 1. The molecular weight excluding hydrogens is 354 g/mol. The van der Waals surface area contributed by atoms with Gasteiger partial charge in [0.05, 0.1) is 5.75 Å². The standard InChI is InChI=1S/C17H19N5OS2/c1-12(2)13-4-6-14(7-5-13)22-11-18-20-17(22)25-10-15(23)19-16-21(3)8-9-24-16/h4-9,11-12H,10H2,1-3H3. The van der Waals surface area contributed by atoms with Crippen molar-refractivity contribution in [3.63, 3.8) is 0 Å². The highest BCUT2D eigenvalue weighted by molar-refractivity contribution is 7.99. The average Bonchev–Trinajstić information content (AvgIpc) is 3.22. The minimum absolute atomic E-state index is 0.187. The summed E-state index contributed by atoms with van der Waals surface area (Å²) in [5.41, 5.74) is 2.26. The predicted molar refractivity (Wildman–Crippen MR) is 100 cm³/mol. The van der Waals surface area contributed by atoms with Gasteiger partial charge in [-0.25, -0.2) is 0 Å². The molecule has 1 aromatic carbocycles. The fraction of sp³-hybridized carbons (Fsp3) is 0.294. The molecule has 0 aliphatic carbocycles. The molecule has 1 amide bonds. The maximum Gasteiger partial charge on any atom is 0.258 e. The maximum atomic E-state index is 12.1. The van der Waals surface area contributed by atoms with E-state index in [0.717, 1.165) is 5.69 Å². The molecule has 0 fully saturated rings. The van der Waals surface area contributed by atoms with Gasteiger partial charge in [-0.1, -0.05) is 37.7 Å². The van der Waals surface area contributed by atoms with E-state index >= 15 is 0 Å². The average molecular weight is 374 g/mol. The van der Waals surface area contributed by atoms with E-state index in [9.17, 15) is 4.79 Å². The summed E-state index contributed by atoms with van der Waals surface area (Å²) in [6.45, 7) is 4.33. The van der Waals surface area contributed by atoms with Gasteiger partial charge in [0.15, 0.2) is 9.96 Å². The number of benzene rings is 1. The lowest BCUT2D eigenvalue weighted by Gasteiger charge is -2.08. The Hall–Kier alpha value is -2.19. The van der Waals surface area contributed by atoms with E-state index in [-0.39, 0.29) is 11.7 Å². The monoisotopic (exact) mass is 373 g/mol. The van der Waals surface area contributed by atoms with E-state index in [1.165, 1.54) is 28.7 Å². The number of aromatic nitrogens is 4. The molecule has 2 heterocycles. The van der Waals surface area contributed by atoms with Crippen LogP contribution in [0.4, 0.5) is 0 Å². The topological polar surface area (TPSA) is 65.1 Å². The first-order chi connectivity index (χ1) is 12.0. The molecule has 0 N–H and O–H groups in total. The van der Waals surface area contributed by atoms with Gasteiger partial charge in [0, 0.05) is 24.3 Å². The van der Waals surface area contributed by atoms with Gasteiger partial charge in [-0.3, -0.25) is 9.36 Å². The van der Waals surface area contributed by atoms with E-state index in [1.54, 1.807) is 6.33 Å². The van der Waals surface area contributed by atoms with Gasteiger partial charge in [0.25, 0.3) is 5.91 Å². The van der Waals surface area contributed by atoms with Crippen molar-refractivity contribution < 1.29 is 4.79 Å². The Morgan fingerprint density at radius 3 is 2.72 bits per heavy atom. The maximum absolute atomic E-state index is 12.1. The van der Waals surface area contributed by atoms with E-state index in [4.69, 9.17) is 0 Å². The number of hydrogen-bond donors (Lipinski definition) is 0. The molecule has 0 radical (unpaired) electrons. The third-order valence-electron chi connectivity index (χ3n) is 3.66. The van der Waals surface area contributed by atoms with E-state index in [2.05, 4.69) is 41.2 Å². The number of thiazole rings is 1. The summed E-state index contributed by atoms with van der Waals surface area (Å²) in [5.74, 6) is 0.523. The first kappa shape index (κ1) is 17.6. The quantitative estimate of drug-likeness (QED) is 0.645. The summed E-state index contributed by atoms with van der Waals surface area (Å²) in [6.07, 6.45) is 3.54. The van der Waals surface area contributed by atoms with Crippen LogP contribution in [0, 0.1) is 0 Å². The molecule has 25 heavy (non-hydrogen) atoms. The number of hydrogen-bond acceptors (Lipinski definition) is 5. The molecule has 0 aliphatic rings. The minimum Gasteiger partial charge on any atom is -0.327 e. The summed E-state index contributed by atoms with van der Waals surface area (Å²) in [6, 6.07) is 8.29. The van der Waals surface area contributed by atoms with Gasteiger partial charge < -0.3 is 4.57 Å². The fourth-order valence-corrected chi connectivity index (χ4v) is 3.68. The van der Waals surface area contributed by atoms with Gasteiger partial charge in [-0.15, -0.1) is 21.5 Å². The molecular formula is C17H19N5OS2. The Balaban J connectivity index is 1.72. The van der Waals surface area contributed by atoms with Crippen molar-refractivity contribution in [2.75, 3.05) is 5.75 Å². The number of thioether (sulfide) groups is 1. The van der Waals surface area contributed by atoms with Crippen molar-refractivity contribution >= 4 is 29.0 Å². The van der Waals surface area contributed by atoms with Crippen LogP contribution in [0.2, 0.25) is 0 Å². The molecule has 0 saturated heterocycles. The molecule has 0 bridgehead atoms. The van der Waals surface area contributed by atoms with Crippen LogP contribution in [0.15, 0.2) is 52.3 Å². The summed E-state index contributed by atoms with van der Waals surface area (Å²) in [7, 11) is 1.87. The zero-order chi connectivity index (χ0) is 17.8. The molecule has 0 spiro atoms. The Kier molecular flexibility index (Phi) is 5.50. The molecule has 2 aromatic heterocycles. The van der Waals surface area contributed by atoms with Gasteiger partial charge in [-0.2, -0.15) is 4.99 Å². The highest BCUT2D eigenvalue weighted by atomic mass is 32.2. The summed E-state index contributed by atoms with van der Waals surface area (Å²) >= 11 is 2.77. The van der Waals surface area contributed by atoms with Gasteiger partial charge in [0.2, 0.25) is 0 Å². The number of amides is 1. The smallest absolute Gasteiger partial charge is 0.258 e. The van der Waals surface area contributed by atoms with Crippen LogP contribution in [0.25, 0.3) is 5.69 Å². The van der Waals surface area contributed by atoms with Crippen LogP contribution in [-0.4, -0.2) is 31.0 Å². The fourth-order valence-electron chi connectivity index (χ4n) is 2.22. The second kappa shape index (κ2) is 7.79. The lowest BCUT2D eigenvalue weighted by atomic mass is 10.0. The molecule has 6 nitrogen and oxygen atoms in total. The second-order valence-electron chi connectivity index (χ2n) is 5.82. The minimum atomic E-state index is -0.187. The van der Waals surface area contributed by atoms with Crippen LogP contribution in [0.5, 0.6) is 0 Å². The molecule has 8 heteroatoms. The Labute approximate surface area is 154 Å². The van der Waals surface area contributed by atoms with Crippen LogP contribution in [0.3, 0.4) is 0 Å². The number of aryl methyl sites for hydroxylation is 1. The molecule has 0 unspecified atom stereocenters. The Morgan fingerprint density at radius 2 is 2.08 bits per heavy atom. The molecule has 0 aliphatic heterocycles. The zero-order valence-corrected chi connectivity index (χ0v) is 15.9. The molecule has 0 atom stereocenters. The van der Waals surface area contributed by atoms with Crippen LogP contribution >= 0.6 is 23.1 Å². The summed E-state index contributed by atoms with van der Waals surface area (Å²) < 4.78 is 3.71. The lowest BCUT2D eigenvalue weighted by Crippen LogP contribution is -2.13. The third kappa shape index (κ3) is 4.26. The van der Waals surface area contributed by atoms with Gasteiger partial charge >= 0.3 is 0 Å². The van der Waals surface area contributed by atoms with Crippen LogP contribution in [0.1, 0.15) is 25.3 Å². The molecule has 130 valence electrons. The predicted octanol–water partition coefficient (Wildman–Crippen LogP) is 3.01. The van der Waals surface area contributed by atoms with Crippen LogP contribution < -0.4 is 4.80 Å². The molecule has 0 saturated carbocycles. The van der Waals surface area contributed by atoms with Gasteiger partial charge in [-0.05, 0) is 23.6 Å². The van der Waals surface area contributed by atoms with Crippen molar-refractivity contribution in [1.29, 1.82) is 0 Å². The second-order valence-corrected chi connectivity index (χ2v) is 7.64. The molecule has 3 aromatic rings. The molecule has 3 rings (SSSR count). The van der Waals surface area contributed by atoms with Crippen molar-refractivity contribution in [2.24, 2.45) is 12.0 Å². The van der Waals surface area contributed by atoms with Gasteiger partial charge in [0.1, 0.15) is 6.33 Å². The highest BCUT2D eigenvalue weighted by Crippen LogP contribution is 2.21. The van der Waals surface area contributed by atoms with Crippen molar-refractivity contribution in [3.8, 4) is 5.69 Å². The van der Waals surface area contributed by atoms with Crippen molar-refractivity contribution in [3.05, 3.63) is 52.5 Å². The van der Waals surface area contributed by atoms with Crippen molar-refractivity contribution in [2.45, 2.75) is 24.9 Å². The Morgan fingerprint density at radius 1 is 1.32 bits per heavy atom. The van der Waals surface area contributed by atoms with Crippen LogP contribution in [-0.2, 0) is 11.8 Å². The van der Waals surface area contributed by atoms with E-state index in [0.29, 0.717) is 15.9 Å². The first-order valence-electron chi connectivity index (χ1n) is 7.85. The third-order valence-corrected chi connectivity index (χ3v) is 5.43. The largest absolute Gasteiger partial charge is 0.327 e. The summed E-state index contributed by atoms with van der Waals surface area (Å²) in [5, 5.41) is 10.7. The first-order valence-corrected chi connectivity index (χ1v) is 9.72. The van der Waals surface area contributed by atoms with E-state index < -0.39 is 0 Å². The van der Waals surface area contributed by atoms with Crippen molar-refractivity contribution in [1.82, 2.24) is 19.3 Å². The van der Waals surface area contributed by atoms with E-state index in [1.807, 2.05) is 39.9 Å². The number of nitrogens with zero attached hydrogens (tertiary/aromatic N) is 5.